The van der Waals surface area contributed by atoms with Crippen molar-refractivity contribution >= 4 is 11.6 Å². The number of carbonyl (C=O) groups is 1. The molecule has 0 unspecified atom stereocenters. The third-order valence-corrected chi connectivity index (χ3v) is 2.78. The highest BCUT2D eigenvalue weighted by Crippen LogP contribution is 2.17. The fourth-order valence-corrected chi connectivity index (χ4v) is 1.88. The molecule has 5 heteroatoms. The number of nitrogen functional groups attached to an aromatic ring is 1. The van der Waals surface area contributed by atoms with Gasteiger partial charge in [-0.3, -0.25) is 9.89 Å². The summed E-state index contributed by atoms with van der Waals surface area (Å²) in [6.07, 6.45) is 2.68. The Morgan fingerprint density at radius 3 is 2.59 bits per heavy atom. The molecule has 0 atom stereocenters. The molecule has 0 aromatic carbocycles. The van der Waals surface area contributed by atoms with Crippen LogP contribution in [0.3, 0.4) is 0 Å². The van der Waals surface area contributed by atoms with Crippen molar-refractivity contribution in [2.75, 3.05) is 5.73 Å². The SMILES string of the molecule is CCCC(C)(C)NC(=O)c1n[nH]c(CC)c1N. The first-order valence-electron chi connectivity index (χ1n) is 6.06. The van der Waals surface area contributed by atoms with E-state index in [1.54, 1.807) is 0 Å². The molecule has 0 bridgehead atoms. The van der Waals surface area contributed by atoms with Crippen LogP contribution in [0.1, 0.15) is 56.7 Å². The number of aromatic nitrogens is 2. The molecule has 4 N–H and O–H groups in total. The number of hydrogen-bond donors (Lipinski definition) is 3. The molecule has 0 saturated carbocycles. The van der Waals surface area contributed by atoms with Crippen molar-refractivity contribution in [2.24, 2.45) is 0 Å². The number of aryl methyl sites for hydroxylation is 1. The van der Waals surface area contributed by atoms with Crippen LogP contribution in [0.5, 0.6) is 0 Å². The molecule has 0 aliphatic rings. The van der Waals surface area contributed by atoms with Crippen molar-refractivity contribution in [3.05, 3.63) is 11.4 Å². The molecule has 0 spiro atoms. The van der Waals surface area contributed by atoms with Gasteiger partial charge in [-0.1, -0.05) is 20.3 Å². The molecule has 0 radical (unpaired) electrons. The van der Waals surface area contributed by atoms with Gasteiger partial charge in [0.1, 0.15) is 0 Å². The van der Waals surface area contributed by atoms with Crippen molar-refractivity contribution in [2.45, 2.75) is 52.5 Å². The number of rotatable bonds is 5. The maximum absolute atomic E-state index is 12.0. The first kappa shape index (κ1) is 13.5. The van der Waals surface area contributed by atoms with Crippen LogP contribution < -0.4 is 11.1 Å². The zero-order valence-electron chi connectivity index (χ0n) is 11.1. The summed E-state index contributed by atoms with van der Waals surface area (Å²) in [6, 6.07) is 0. The second-order valence-electron chi connectivity index (χ2n) is 4.91. The second kappa shape index (κ2) is 5.21. The van der Waals surface area contributed by atoms with E-state index in [4.69, 9.17) is 5.73 Å². The lowest BCUT2D eigenvalue weighted by Crippen LogP contribution is -2.43. The summed E-state index contributed by atoms with van der Waals surface area (Å²) in [7, 11) is 0. The van der Waals surface area contributed by atoms with E-state index in [9.17, 15) is 4.79 Å². The van der Waals surface area contributed by atoms with Gasteiger partial charge >= 0.3 is 0 Å². The normalized spacial score (nSPS) is 11.5. The van der Waals surface area contributed by atoms with Crippen LogP contribution in [-0.2, 0) is 6.42 Å². The Bertz CT molecular complexity index is 395. The Morgan fingerprint density at radius 1 is 1.47 bits per heavy atom. The molecule has 17 heavy (non-hydrogen) atoms. The van der Waals surface area contributed by atoms with E-state index in [1.165, 1.54) is 0 Å². The minimum absolute atomic E-state index is 0.211. The van der Waals surface area contributed by atoms with Gasteiger partial charge in [-0.2, -0.15) is 5.10 Å². The van der Waals surface area contributed by atoms with Crippen LogP contribution in [0.4, 0.5) is 5.69 Å². The lowest BCUT2D eigenvalue weighted by atomic mass is 9.99. The van der Waals surface area contributed by atoms with E-state index in [2.05, 4.69) is 22.4 Å². The van der Waals surface area contributed by atoms with Gasteiger partial charge in [0, 0.05) is 5.54 Å². The lowest BCUT2D eigenvalue weighted by molar-refractivity contribution is 0.0905. The number of nitrogens with two attached hydrogens (primary N) is 1. The Balaban J connectivity index is 2.80. The van der Waals surface area contributed by atoms with Gasteiger partial charge in [0.25, 0.3) is 5.91 Å². The number of hydrogen-bond acceptors (Lipinski definition) is 3. The van der Waals surface area contributed by atoms with Gasteiger partial charge in [0.05, 0.1) is 11.4 Å². The minimum Gasteiger partial charge on any atom is -0.395 e. The smallest absolute Gasteiger partial charge is 0.274 e. The molecule has 1 aromatic heterocycles. The van der Waals surface area contributed by atoms with Crippen LogP contribution in [-0.4, -0.2) is 21.6 Å². The van der Waals surface area contributed by atoms with E-state index in [0.29, 0.717) is 11.4 Å². The number of nitrogens with zero attached hydrogens (tertiary/aromatic N) is 1. The lowest BCUT2D eigenvalue weighted by Gasteiger charge is -2.25. The van der Waals surface area contributed by atoms with Crippen molar-refractivity contribution in [3.8, 4) is 0 Å². The zero-order valence-corrected chi connectivity index (χ0v) is 11.1. The third-order valence-electron chi connectivity index (χ3n) is 2.78. The summed E-state index contributed by atoms with van der Waals surface area (Å²) < 4.78 is 0. The van der Waals surface area contributed by atoms with Gasteiger partial charge < -0.3 is 11.1 Å². The van der Waals surface area contributed by atoms with Crippen LogP contribution in [0, 0.1) is 0 Å². The van der Waals surface area contributed by atoms with Crippen LogP contribution in [0.2, 0.25) is 0 Å². The molecular weight excluding hydrogens is 216 g/mol. The Labute approximate surface area is 102 Å². The summed E-state index contributed by atoms with van der Waals surface area (Å²) in [5, 5.41) is 9.71. The topological polar surface area (TPSA) is 83.8 Å². The Kier molecular flexibility index (Phi) is 4.15. The fourth-order valence-electron chi connectivity index (χ4n) is 1.88. The average Bonchev–Trinajstić information content (AvgIpc) is 2.58. The van der Waals surface area contributed by atoms with Crippen molar-refractivity contribution in [1.29, 1.82) is 0 Å². The van der Waals surface area contributed by atoms with Crippen molar-refractivity contribution < 1.29 is 4.79 Å². The standard InChI is InChI=1S/C12H22N4O/c1-5-7-12(3,4)14-11(17)10-9(13)8(6-2)15-16-10/h5-7,13H2,1-4H3,(H,14,17)(H,15,16). The largest absolute Gasteiger partial charge is 0.395 e. The molecule has 1 heterocycles. The molecule has 0 saturated heterocycles. The van der Waals surface area contributed by atoms with E-state index >= 15 is 0 Å². The fraction of sp³-hybridized carbons (Fsp3) is 0.667. The van der Waals surface area contributed by atoms with E-state index in [1.807, 2.05) is 20.8 Å². The number of nitrogens with one attached hydrogen (secondary N) is 2. The number of carbonyl (C=O) groups excluding carboxylic acids is 1. The van der Waals surface area contributed by atoms with Gasteiger partial charge in [0.15, 0.2) is 5.69 Å². The molecule has 1 rings (SSSR count). The van der Waals surface area contributed by atoms with E-state index in [-0.39, 0.29) is 11.4 Å². The summed E-state index contributed by atoms with van der Waals surface area (Å²) in [5.74, 6) is -0.211. The average molecular weight is 238 g/mol. The molecular formula is C12H22N4O. The van der Waals surface area contributed by atoms with Gasteiger partial charge in [-0.25, -0.2) is 0 Å². The van der Waals surface area contributed by atoms with Crippen molar-refractivity contribution in [1.82, 2.24) is 15.5 Å². The summed E-state index contributed by atoms with van der Waals surface area (Å²) >= 11 is 0. The minimum atomic E-state index is -0.233. The van der Waals surface area contributed by atoms with Crippen LogP contribution in [0.25, 0.3) is 0 Å². The first-order chi connectivity index (χ1) is 7.91. The van der Waals surface area contributed by atoms with Gasteiger partial charge in [0.2, 0.25) is 0 Å². The number of amides is 1. The molecule has 96 valence electrons. The number of H-pyrrole nitrogens is 1. The molecule has 5 nitrogen and oxygen atoms in total. The summed E-state index contributed by atoms with van der Waals surface area (Å²) in [4.78, 5) is 12.0. The Hall–Kier alpha value is -1.52. The molecule has 0 aliphatic carbocycles. The highest BCUT2D eigenvalue weighted by molar-refractivity contribution is 5.98. The monoisotopic (exact) mass is 238 g/mol. The maximum atomic E-state index is 12.0. The predicted octanol–water partition coefficient (Wildman–Crippen LogP) is 1.86. The van der Waals surface area contributed by atoms with E-state index in [0.717, 1.165) is 25.0 Å². The molecule has 1 amide bonds. The molecule has 1 aromatic rings. The highest BCUT2D eigenvalue weighted by Gasteiger charge is 2.23. The second-order valence-corrected chi connectivity index (χ2v) is 4.91. The van der Waals surface area contributed by atoms with Crippen molar-refractivity contribution in [3.63, 3.8) is 0 Å². The summed E-state index contributed by atoms with van der Waals surface area (Å²) in [5.41, 5.74) is 7.18. The zero-order chi connectivity index (χ0) is 13.1. The maximum Gasteiger partial charge on any atom is 0.274 e. The van der Waals surface area contributed by atoms with E-state index < -0.39 is 0 Å². The first-order valence-corrected chi connectivity index (χ1v) is 6.06. The third kappa shape index (κ3) is 3.22. The van der Waals surface area contributed by atoms with Gasteiger partial charge in [-0.15, -0.1) is 0 Å². The number of anilines is 1. The predicted molar refractivity (Wildman–Crippen MR) is 68.8 cm³/mol. The van der Waals surface area contributed by atoms with Crippen LogP contribution >= 0.6 is 0 Å². The molecule has 0 fully saturated rings. The van der Waals surface area contributed by atoms with Gasteiger partial charge in [-0.05, 0) is 26.7 Å². The number of aromatic amines is 1. The highest BCUT2D eigenvalue weighted by atomic mass is 16.2. The Morgan fingerprint density at radius 2 is 2.12 bits per heavy atom. The molecule has 0 aliphatic heterocycles. The summed E-state index contributed by atoms with van der Waals surface area (Å²) in [6.45, 7) is 8.05. The van der Waals surface area contributed by atoms with Crippen LogP contribution in [0.15, 0.2) is 0 Å². The quantitative estimate of drug-likeness (QED) is 0.732.